The summed E-state index contributed by atoms with van der Waals surface area (Å²) >= 11 is 1.36. The topological polar surface area (TPSA) is 88.9 Å². The highest BCUT2D eigenvalue weighted by Gasteiger charge is 2.30. The number of thiazole rings is 1. The van der Waals surface area contributed by atoms with Crippen LogP contribution < -0.4 is 10.6 Å². The Labute approximate surface area is 138 Å². The van der Waals surface area contributed by atoms with E-state index in [0.29, 0.717) is 17.4 Å². The van der Waals surface area contributed by atoms with Crippen LogP contribution in [0, 0.1) is 5.92 Å². The highest BCUT2D eigenvalue weighted by molar-refractivity contribution is 7.13. The third kappa shape index (κ3) is 4.88. The van der Waals surface area contributed by atoms with E-state index in [9.17, 15) is 9.59 Å². The lowest BCUT2D eigenvalue weighted by molar-refractivity contribution is -0.120. The van der Waals surface area contributed by atoms with Crippen molar-refractivity contribution in [1.82, 2.24) is 19.9 Å². The molecule has 1 aliphatic carbocycles. The fraction of sp³-hybridized carbons (Fsp3) is 0.467. The van der Waals surface area contributed by atoms with Crippen molar-refractivity contribution in [2.24, 2.45) is 5.92 Å². The Morgan fingerprint density at radius 3 is 3.00 bits per heavy atom. The van der Waals surface area contributed by atoms with Crippen molar-refractivity contribution in [3.8, 4) is 0 Å². The molecule has 3 rings (SSSR count). The summed E-state index contributed by atoms with van der Waals surface area (Å²) < 4.78 is 1.97. The lowest BCUT2D eigenvalue weighted by Crippen LogP contribution is -2.26. The minimum absolute atomic E-state index is 0.0369. The van der Waals surface area contributed by atoms with Crippen molar-refractivity contribution in [3.05, 3.63) is 29.8 Å². The summed E-state index contributed by atoms with van der Waals surface area (Å²) in [5.74, 6) is 0.136. The molecule has 2 heterocycles. The van der Waals surface area contributed by atoms with E-state index >= 15 is 0 Å². The van der Waals surface area contributed by atoms with Gasteiger partial charge in [0.25, 0.3) is 0 Å². The van der Waals surface area contributed by atoms with Crippen molar-refractivity contribution in [1.29, 1.82) is 0 Å². The van der Waals surface area contributed by atoms with Gasteiger partial charge in [-0.05, 0) is 19.3 Å². The summed E-state index contributed by atoms with van der Waals surface area (Å²) in [5, 5.41) is 8.06. The number of nitrogens with one attached hydrogen (secondary N) is 2. The maximum Gasteiger partial charge on any atom is 0.229 e. The number of amides is 2. The van der Waals surface area contributed by atoms with Crippen LogP contribution in [0.15, 0.2) is 24.1 Å². The van der Waals surface area contributed by atoms with Crippen LogP contribution in [0.5, 0.6) is 0 Å². The van der Waals surface area contributed by atoms with E-state index in [1.54, 1.807) is 12.5 Å². The second-order valence-electron chi connectivity index (χ2n) is 5.59. The van der Waals surface area contributed by atoms with Gasteiger partial charge in [-0.1, -0.05) is 0 Å². The van der Waals surface area contributed by atoms with Crippen LogP contribution in [0.3, 0.4) is 0 Å². The third-order valence-electron chi connectivity index (χ3n) is 3.55. The summed E-state index contributed by atoms with van der Waals surface area (Å²) in [5.41, 5.74) is 0.688. The first-order valence-electron chi connectivity index (χ1n) is 7.68. The Bertz CT molecular complexity index is 663. The van der Waals surface area contributed by atoms with E-state index in [1.807, 2.05) is 16.1 Å². The molecule has 7 nitrogen and oxygen atoms in total. The van der Waals surface area contributed by atoms with E-state index < -0.39 is 0 Å². The molecule has 1 saturated carbocycles. The molecule has 122 valence electrons. The molecule has 2 aromatic rings. The van der Waals surface area contributed by atoms with E-state index in [-0.39, 0.29) is 24.2 Å². The standard InChI is InChI=1S/C15H19N5O2S/c21-13(17-4-1-6-20-7-5-16-10-20)8-12-9-23-15(18-12)19-14(22)11-2-3-11/h5,7,9-11H,1-4,6,8H2,(H,17,21)(H,18,19,22). The van der Waals surface area contributed by atoms with Crippen LogP contribution in [0.2, 0.25) is 0 Å². The lowest BCUT2D eigenvalue weighted by Gasteiger charge is -2.04. The molecule has 0 spiro atoms. The first-order valence-corrected chi connectivity index (χ1v) is 8.56. The Morgan fingerprint density at radius 2 is 2.26 bits per heavy atom. The molecular formula is C15H19N5O2S. The fourth-order valence-electron chi connectivity index (χ4n) is 2.13. The van der Waals surface area contributed by atoms with Crippen molar-refractivity contribution in [3.63, 3.8) is 0 Å². The van der Waals surface area contributed by atoms with Crippen LogP contribution in [-0.4, -0.2) is 32.9 Å². The molecule has 0 aromatic carbocycles. The average molecular weight is 333 g/mol. The molecule has 1 aliphatic rings. The van der Waals surface area contributed by atoms with Crippen LogP contribution >= 0.6 is 11.3 Å². The molecule has 0 radical (unpaired) electrons. The summed E-state index contributed by atoms with van der Waals surface area (Å²) in [6, 6.07) is 0. The second-order valence-corrected chi connectivity index (χ2v) is 6.45. The van der Waals surface area contributed by atoms with Gasteiger partial charge in [-0.2, -0.15) is 0 Å². The van der Waals surface area contributed by atoms with Crippen molar-refractivity contribution >= 4 is 28.3 Å². The van der Waals surface area contributed by atoms with Crippen molar-refractivity contribution < 1.29 is 9.59 Å². The van der Waals surface area contributed by atoms with Gasteiger partial charge in [0.05, 0.1) is 18.4 Å². The first-order chi connectivity index (χ1) is 11.2. The Morgan fingerprint density at radius 1 is 1.39 bits per heavy atom. The van der Waals surface area contributed by atoms with E-state index in [1.165, 1.54) is 11.3 Å². The van der Waals surface area contributed by atoms with E-state index in [0.717, 1.165) is 25.8 Å². The smallest absolute Gasteiger partial charge is 0.229 e. The summed E-state index contributed by atoms with van der Waals surface area (Å²) in [6.45, 7) is 1.45. The molecule has 0 atom stereocenters. The van der Waals surface area contributed by atoms with Gasteiger partial charge in [0, 0.05) is 36.8 Å². The molecule has 2 amide bonds. The Kier molecular flexibility index (Phi) is 5.02. The van der Waals surface area contributed by atoms with Gasteiger partial charge in [0.1, 0.15) is 0 Å². The minimum Gasteiger partial charge on any atom is -0.356 e. The van der Waals surface area contributed by atoms with Crippen molar-refractivity contribution in [2.45, 2.75) is 32.2 Å². The third-order valence-corrected chi connectivity index (χ3v) is 4.35. The Balaban J connectivity index is 1.35. The van der Waals surface area contributed by atoms with Gasteiger partial charge < -0.3 is 15.2 Å². The maximum absolute atomic E-state index is 11.9. The zero-order valence-electron chi connectivity index (χ0n) is 12.7. The number of aryl methyl sites for hydroxylation is 1. The predicted molar refractivity (Wildman–Crippen MR) is 87.0 cm³/mol. The van der Waals surface area contributed by atoms with Crippen molar-refractivity contribution in [2.75, 3.05) is 11.9 Å². The highest BCUT2D eigenvalue weighted by Crippen LogP contribution is 2.30. The molecule has 0 bridgehead atoms. The number of hydrogen-bond acceptors (Lipinski definition) is 5. The molecule has 23 heavy (non-hydrogen) atoms. The van der Waals surface area contributed by atoms with E-state index in [2.05, 4.69) is 20.6 Å². The molecule has 2 aromatic heterocycles. The number of carbonyl (C=O) groups is 2. The second kappa shape index (κ2) is 7.36. The zero-order valence-corrected chi connectivity index (χ0v) is 13.5. The van der Waals surface area contributed by atoms with Gasteiger partial charge >= 0.3 is 0 Å². The fourth-order valence-corrected chi connectivity index (χ4v) is 2.85. The Hall–Kier alpha value is -2.22. The predicted octanol–water partition coefficient (Wildman–Crippen LogP) is 1.44. The number of aromatic nitrogens is 3. The minimum atomic E-state index is -0.0546. The van der Waals surface area contributed by atoms with Crippen LogP contribution in [-0.2, 0) is 22.6 Å². The normalized spacial score (nSPS) is 13.7. The first kappa shape index (κ1) is 15.7. The quantitative estimate of drug-likeness (QED) is 0.715. The van der Waals surface area contributed by atoms with Gasteiger partial charge in [0.2, 0.25) is 11.8 Å². The molecule has 0 unspecified atom stereocenters. The summed E-state index contributed by atoms with van der Waals surface area (Å²) in [7, 11) is 0. The highest BCUT2D eigenvalue weighted by atomic mass is 32.1. The molecule has 8 heteroatoms. The van der Waals surface area contributed by atoms with Gasteiger partial charge in [0.15, 0.2) is 5.13 Å². The molecule has 2 N–H and O–H groups in total. The number of imidazole rings is 1. The van der Waals surface area contributed by atoms with Gasteiger partial charge in [-0.25, -0.2) is 9.97 Å². The van der Waals surface area contributed by atoms with Crippen LogP contribution in [0.25, 0.3) is 0 Å². The SMILES string of the molecule is O=C(Cc1csc(NC(=O)C2CC2)n1)NCCCn1ccnc1. The van der Waals surface area contributed by atoms with Crippen LogP contribution in [0.4, 0.5) is 5.13 Å². The maximum atomic E-state index is 11.9. The lowest BCUT2D eigenvalue weighted by atomic mass is 10.3. The van der Waals surface area contributed by atoms with Gasteiger partial charge in [-0.15, -0.1) is 11.3 Å². The molecule has 0 aliphatic heterocycles. The number of carbonyl (C=O) groups excluding carboxylic acids is 2. The largest absolute Gasteiger partial charge is 0.356 e. The van der Waals surface area contributed by atoms with Gasteiger partial charge in [-0.3, -0.25) is 9.59 Å². The van der Waals surface area contributed by atoms with Crippen LogP contribution in [0.1, 0.15) is 25.0 Å². The van der Waals surface area contributed by atoms with E-state index in [4.69, 9.17) is 0 Å². The number of nitrogens with zero attached hydrogens (tertiary/aromatic N) is 3. The average Bonchev–Trinajstić information content (AvgIpc) is 3.09. The molecular weight excluding hydrogens is 314 g/mol. The number of anilines is 1. The molecule has 0 saturated heterocycles. The number of rotatable bonds is 8. The molecule has 1 fully saturated rings. The summed E-state index contributed by atoms with van der Waals surface area (Å²) in [6.07, 6.45) is 8.41. The number of hydrogen-bond donors (Lipinski definition) is 2. The summed E-state index contributed by atoms with van der Waals surface area (Å²) in [4.78, 5) is 31.8. The monoisotopic (exact) mass is 333 g/mol. The zero-order chi connectivity index (χ0) is 16.1.